The molecule has 0 aromatic heterocycles. The van der Waals surface area contributed by atoms with E-state index in [4.69, 9.17) is 11.6 Å². The van der Waals surface area contributed by atoms with Gasteiger partial charge in [-0.2, -0.15) is 0 Å². The Morgan fingerprint density at radius 1 is 1.28 bits per heavy atom. The summed E-state index contributed by atoms with van der Waals surface area (Å²) in [5.41, 5.74) is 1.23. The topological polar surface area (TPSA) is 40.5 Å². The first kappa shape index (κ1) is 11.8. The lowest BCUT2D eigenvalue weighted by molar-refractivity contribution is -0.140. The molecule has 1 aromatic carbocycles. The van der Waals surface area contributed by atoms with Gasteiger partial charge in [-0.3, -0.25) is 4.79 Å². The molecule has 1 saturated heterocycles. The highest BCUT2D eigenvalue weighted by Crippen LogP contribution is 2.49. The van der Waals surface area contributed by atoms with Crippen LogP contribution in [0.25, 0.3) is 0 Å². The number of carbonyl (C=O) groups is 1. The quantitative estimate of drug-likeness (QED) is 0.913. The average Bonchev–Trinajstić information content (AvgIpc) is 2.99. The van der Waals surface area contributed by atoms with E-state index in [2.05, 4.69) is 4.90 Å². The van der Waals surface area contributed by atoms with Crippen LogP contribution >= 0.6 is 11.6 Å². The first-order chi connectivity index (χ1) is 8.63. The molecule has 1 aromatic rings. The van der Waals surface area contributed by atoms with Crippen molar-refractivity contribution in [2.45, 2.75) is 31.1 Å². The van der Waals surface area contributed by atoms with Gasteiger partial charge in [0.2, 0.25) is 0 Å². The maximum atomic E-state index is 11.3. The summed E-state index contributed by atoms with van der Waals surface area (Å²) >= 11 is 6.31. The molecule has 3 rings (SSSR count). The Morgan fingerprint density at radius 3 is 2.44 bits per heavy atom. The van der Waals surface area contributed by atoms with Gasteiger partial charge in [0.25, 0.3) is 0 Å². The molecule has 2 fully saturated rings. The smallest absolute Gasteiger partial charge is 0.314 e. The van der Waals surface area contributed by atoms with Crippen LogP contribution in [0.1, 0.15) is 31.2 Å². The van der Waals surface area contributed by atoms with E-state index in [1.54, 1.807) is 0 Å². The number of nitrogens with zero attached hydrogens (tertiary/aromatic N) is 1. The van der Waals surface area contributed by atoms with E-state index in [1.807, 2.05) is 18.2 Å². The molecule has 1 aliphatic carbocycles. The summed E-state index contributed by atoms with van der Waals surface area (Å²) in [7, 11) is 0. The molecule has 0 bridgehead atoms. The second kappa shape index (κ2) is 4.16. The van der Waals surface area contributed by atoms with Gasteiger partial charge in [0.1, 0.15) is 0 Å². The van der Waals surface area contributed by atoms with Crippen molar-refractivity contribution in [2.75, 3.05) is 18.0 Å². The maximum absolute atomic E-state index is 11.3. The van der Waals surface area contributed by atoms with Crippen molar-refractivity contribution < 1.29 is 9.90 Å². The molecule has 3 nitrogen and oxygen atoms in total. The zero-order valence-corrected chi connectivity index (χ0v) is 10.9. The number of halogens is 1. The van der Waals surface area contributed by atoms with Crippen molar-refractivity contribution in [3.63, 3.8) is 0 Å². The lowest BCUT2D eigenvalue weighted by Crippen LogP contribution is -2.21. The Morgan fingerprint density at radius 2 is 1.94 bits per heavy atom. The third kappa shape index (κ3) is 1.77. The predicted octanol–water partition coefficient (Wildman–Crippen LogP) is 3.06. The van der Waals surface area contributed by atoms with Crippen molar-refractivity contribution >= 4 is 23.3 Å². The van der Waals surface area contributed by atoms with Crippen molar-refractivity contribution in [1.29, 1.82) is 0 Å². The fourth-order valence-electron chi connectivity index (χ4n) is 2.77. The number of benzene rings is 1. The summed E-state index contributed by atoms with van der Waals surface area (Å²) in [6.45, 7) is 2.09. The highest BCUT2D eigenvalue weighted by molar-refractivity contribution is 6.33. The summed E-state index contributed by atoms with van der Waals surface area (Å²) in [4.78, 5) is 13.6. The van der Waals surface area contributed by atoms with Crippen LogP contribution < -0.4 is 4.90 Å². The third-order valence-electron chi connectivity index (χ3n) is 4.11. The predicted molar refractivity (Wildman–Crippen MR) is 71.4 cm³/mol. The first-order valence-corrected chi connectivity index (χ1v) is 6.80. The number of carboxylic acids is 1. The minimum absolute atomic E-state index is 0.660. The molecular weight excluding hydrogens is 250 g/mol. The zero-order valence-electron chi connectivity index (χ0n) is 10.2. The number of carboxylic acid groups (broad SMARTS) is 1. The largest absolute Gasteiger partial charge is 0.481 e. The third-order valence-corrected chi connectivity index (χ3v) is 4.41. The van der Waals surface area contributed by atoms with Crippen LogP contribution in [-0.4, -0.2) is 24.2 Å². The molecule has 1 heterocycles. The lowest BCUT2D eigenvalue weighted by Gasteiger charge is -2.20. The number of hydrogen-bond donors (Lipinski definition) is 1. The van der Waals surface area contributed by atoms with Crippen LogP contribution in [0.15, 0.2) is 18.2 Å². The van der Waals surface area contributed by atoms with Gasteiger partial charge in [0.05, 0.1) is 16.1 Å². The monoisotopic (exact) mass is 265 g/mol. The summed E-state index contributed by atoms with van der Waals surface area (Å²) in [6.07, 6.45) is 3.86. The number of anilines is 1. The molecule has 1 saturated carbocycles. The van der Waals surface area contributed by atoms with Gasteiger partial charge < -0.3 is 10.0 Å². The van der Waals surface area contributed by atoms with Gasteiger partial charge in [-0.05, 0) is 43.4 Å². The molecule has 2 aliphatic rings. The van der Waals surface area contributed by atoms with Gasteiger partial charge in [-0.1, -0.05) is 17.7 Å². The summed E-state index contributed by atoms with van der Waals surface area (Å²) < 4.78 is 0. The van der Waals surface area contributed by atoms with E-state index in [0.717, 1.165) is 37.2 Å². The normalized spacial score (nSPS) is 21.1. The van der Waals surface area contributed by atoms with E-state index >= 15 is 0 Å². The Balaban J connectivity index is 1.92. The number of hydrogen-bond acceptors (Lipinski definition) is 2. The molecule has 0 amide bonds. The molecule has 0 spiro atoms. The van der Waals surface area contributed by atoms with Crippen LogP contribution in [0.4, 0.5) is 5.69 Å². The maximum Gasteiger partial charge on any atom is 0.314 e. The van der Waals surface area contributed by atoms with Crippen LogP contribution in [-0.2, 0) is 10.2 Å². The van der Waals surface area contributed by atoms with Gasteiger partial charge in [0, 0.05) is 13.1 Å². The molecule has 0 unspecified atom stereocenters. The second-order valence-corrected chi connectivity index (χ2v) is 5.65. The molecule has 4 heteroatoms. The van der Waals surface area contributed by atoms with Crippen molar-refractivity contribution in [2.24, 2.45) is 0 Å². The van der Waals surface area contributed by atoms with E-state index in [0.29, 0.717) is 5.02 Å². The standard InChI is InChI=1S/C14H16ClNO2/c15-11-9-10(14(5-6-14)13(17)18)3-4-12(11)16-7-1-2-8-16/h3-4,9H,1-2,5-8H2,(H,17,18). The lowest BCUT2D eigenvalue weighted by atomic mass is 9.96. The minimum atomic E-state index is -0.729. The summed E-state index contributed by atoms with van der Waals surface area (Å²) in [5, 5.41) is 9.96. The zero-order chi connectivity index (χ0) is 12.8. The Hall–Kier alpha value is -1.22. The van der Waals surface area contributed by atoms with Gasteiger partial charge >= 0.3 is 5.97 Å². The van der Waals surface area contributed by atoms with E-state index in [9.17, 15) is 9.90 Å². The van der Waals surface area contributed by atoms with E-state index < -0.39 is 11.4 Å². The molecule has 0 radical (unpaired) electrons. The second-order valence-electron chi connectivity index (χ2n) is 5.25. The Kier molecular flexibility index (Phi) is 2.74. The Labute approximate surface area is 111 Å². The van der Waals surface area contributed by atoms with E-state index in [-0.39, 0.29) is 0 Å². The SMILES string of the molecule is O=C(O)C1(c2ccc(N3CCCC3)c(Cl)c2)CC1. The van der Waals surface area contributed by atoms with Crippen molar-refractivity contribution in [3.05, 3.63) is 28.8 Å². The van der Waals surface area contributed by atoms with Crippen LogP contribution in [0.2, 0.25) is 5.02 Å². The molecule has 18 heavy (non-hydrogen) atoms. The minimum Gasteiger partial charge on any atom is -0.481 e. The fraction of sp³-hybridized carbons (Fsp3) is 0.500. The van der Waals surface area contributed by atoms with Crippen LogP contribution in [0, 0.1) is 0 Å². The summed E-state index contributed by atoms with van der Waals surface area (Å²) in [5.74, 6) is -0.729. The van der Waals surface area contributed by atoms with Crippen LogP contribution in [0.3, 0.4) is 0 Å². The summed E-state index contributed by atoms with van der Waals surface area (Å²) in [6, 6.07) is 5.75. The van der Waals surface area contributed by atoms with Crippen molar-refractivity contribution in [1.82, 2.24) is 0 Å². The molecule has 96 valence electrons. The van der Waals surface area contributed by atoms with Crippen LogP contribution in [0.5, 0.6) is 0 Å². The Bertz CT molecular complexity index is 491. The van der Waals surface area contributed by atoms with Gasteiger partial charge in [-0.25, -0.2) is 0 Å². The van der Waals surface area contributed by atoms with Crippen molar-refractivity contribution in [3.8, 4) is 0 Å². The first-order valence-electron chi connectivity index (χ1n) is 6.42. The van der Waals surface area contributed by atoms with E-state index in [1.165, 1.54) is 12.8 Å². The van der Waals surface area contributed by atoms with Gasteiger partial charge in [-0.15, -0.1) is 0 Å². The average molecular weight is 266 g/mol. The fourth-order valence-corrected chi connectivity index (χ4v) is 3.07. The number of rotatable bonds is 3. The molecule has 1 N–H and O–H groups in total. The van der Waals surface area contributed by atoms with Gasteiger partial charge in [0.15, 0.2) is 0 Å². The highest BCUT2D eigenvalue weighted by Gasteiger charge is 2.51. The molecular formula is C14H16ClNO2. The highest BCUT2D eigenvalue weighted by atomic mass is 35.5. The number of aliphatic carboxylic acids is 1. The molecule has 1 aliphatic heterocycles. The molecule has 0 atom stereocenters.